The molecule has 0 saturated heterocycles. The summed E-state index contributed by atoms with van der Waals surface area (Å²) in [5, 5.41) is 0. The van der Waals surface area contributed by atoms with Gasteiger partial charge in [0.15, 0.2) is 0 Å². The Morgan fingerprint density at radius 3 is 2.29 bits per heavy atom. The Bertz CT molecular complexity index is 300. The van der Waals surface area contributed by atoms with E-state index in [9.17, 15) is 4.39 Å². The molecule has 0 fully saturated rings. The third kappa shape index (κ3) is 2.83. The van der Waals surface area contributed by atoms with Gasteiger partial charge < -0.3 is 0 Å². The molecule has 0 aliphatic heterocycles. The molecule has 0 aliphatic carbocycles. The van der Waals surface area contributed by atoms with Gasteiger partial charge in [0.2, 0.25) is 0 Å². The second-order valence-corrected chi connectivity index (χ2v) is 4.61. The highest BCUT2D eigenvalue weighted by Gasteiger charge is 2.07. The molecule has 0 aromatic heterocycles. The Kier molecular flexibility index (Phi) is 3.68. The molecule has 0 amide bonds. The van der Waals surface area contributed by atoms with Gasteiger partial charge in [-0.05, 0) is 35.4 Å². The van der Waals surface area contributed by atoms with E-state index in [-0.39, 0.29) is 11.7 Å². The Morgan fingerprint density at radius 1 is 1.14 bits per heavy atom. The first-order chi connectivity index (χ1) is 6.50. The molecule has 0 spiro atoms. The predicted molar refractivity (Wildman–Crippen MR) is 59.0 cm³/mol. The van der Waals surface area contributed by atoms with Gasteiger partial charge in [-0.2, -0.15) is 0 Å². The molecule has 1 aromatic carbocycles. The van der Waals surface area contributed by atoms with E-state index in [0.717, 1.165) is 12.0 Å². The summed E-state index contributed by atoms with van der Waals surface area (Å²) in [6.45, 7) is 8.41. The lowest BCUT2D eigenvalue weighted by Gasteiger charge is -2.11. The van der Waals surface area contributed by atoms with E-state index in [1.807, 2.05) is 26.0 Å². The van der Waals surface area contributed by atoms with Gasteiger partial charge in [-0.3, -0.25) is 0 Å². The minimum Gasteiger partial charge on any atom is -0.207 e. The lowest BCUT2D eigenvalue weighted by Crippen LogP contribution is -1.98. The maximum Gasteiger partial charge on any atom is 0.126 e. The van der Waals surface area contributed by atoms with Crippen LogP contribution in [0.1, 0.15) is 44.7 Å². The summed E-state index contributed by atoms with van der Waals surface area (Å²) >= 11 is 0. The van der Waals surface area contributed by atoms with Gasteiger partial charge in [0, 0.05) is 0 Å². The Balaban J connectivity index is 2.94. The average molecular weight is 194 g/mol. The molecule has 0 bridgehead atoms. The Labute approximate surface area is 86.2 Å². The van der Waals surface area contributed by atoms with Crippen LogP contribution in [0.2, 0.25) is 0 Å². The highest BCUT2D eigenvalue weighted by Crippen LogP contribution is 2.21. The van der Waals surface area contributed by atoms with Crippen molar-refractivity contribution in [3.05, 3.63) is 35.1 Å². The number of rotatable bonds is 3. The molecule has 0 aliphatic rings. The lowest BCUT2D eigenvalue weighted by atomic mass is 9.96. The third-order valence-electron chi connectivity index (χ3n) is 2.33. The predicted octanol–water partition coefficient (Wildman–Crippen LogP) is 4.15. The van der Waals surface area contributed by atoms with Crippen LogP contribution in [0.4, 0.5) is 4.39 Å². The van der Waals surface area contributed by atoms with Gasteiger partial charge in [0.25, 0.3) is 0 Å². The van der Waals surface area contributed by atoms with Gasteiger partial charge >= 0.3 is 0 Å². The Hall–Kier alpha value is -0.850. The van der Waals surface area contributed by atoms with Crippen molar-refractivity contribution in [2.45, 2.75) is 40.0 Å². The summed E-state index contributed by atoms with van der Waals surface area (Å²) in [5.41, 5.74) is 2.08. The molecule has 0 N–H and O–H groups in total. The van der Waals surface area contributed by atoms with Gasteiger partial charge in [-0.25, -0.2) is 4.39 Å². The number of benzene rings is 1. The van der Waals surface area contributed by atoms with E-state index in [1.165, 1.54) is 5.56 Å². The summed E-state index contributed by atoms with van der Waals surface area (Å²) in [6.07, 6.45) is 1.03. The Morgan fingerprint density at radius 2 is 1.79 bits per heavy atom. The molecule has 1 aromatic rings. The number of halogens is 1. The van der Waals surface area contributed by atoms with E-state index < -0.39 is 0 Å². The van der Waals surface area contributed by atoms with E-state index in [1.54, 1.807) is 6.07 Å². The highest BCUT2D eigenvalue weighted by molar-refractivity contribution is 5.27. The van der Waals surface area contributed by atoms with Crippen molar-refractivity contribution in [2.24, 2.45) is 5.92 Å². The molecule has 0 unspecified atom stereocenters. The first-order valence-electron chi connectivity index (χ1n) is 5.29. The van der Waals surface area contributed by atoms with Crippen molar-refractivity contribution < 1.29 is 4.39 Å². The molecule has 0 heterocycles. The third-order valence-corrected chi connectivity index (χ3v) is 2.33. The van der Waals surface area contributed by atoms with E-state index >= 15 is 0 Å². The molecular formula is C13H19F. The molecule has 78 valence electrons. The minimum atomic E-state index is -0.0764. The summed E-state index contributed by atoms with van der Waals surface area (Å²) in [7, 11) is 0. The van der Waals surface area contributed by atoms with Crippen LogP contribution >= 0.6 is 0 Å². The van der Waals surface area contributed by atoms with Crippen molar-refractivity contribution in [2.75, 3.05) is 0 Å². The van der Waals surface area contributed by atoms with Crippen LogP contribution in [0, 0.1) is 11.7 Å². The molecule has 0 radical (unpaired) electrons. The normalized spacial score (nSPS) is 11.4. The molecule has 0 nitrogen and oxygen atoms in total. The fourth-order valence-corrected chi connectivity index (χ4v) is 1.63. The largest absolute Gasteiger partial charge is 0.207 e. The van der Waals surface area contributed by atoms with Gasteiger partial charge in [-0.15, -0.1) is 0 Å². The number of hydrogen-bond donors (Lipinski definition) is 0. The summed E-state index contributed by atoms with van der Waals surface area (Å²) in [5.74, 6) is 0.815. The first kappa shape index (κ1) is 11.2. The molecule has 1 rings (SSSR count). The van der Waals surface area contributed by atoms with Crippen molar-refractivity contribution in [3.8, 4) is 0 Å². The maximum atomic E-state index is 13.4. The van der Waals surface area contributed by atoms with Crippen LogP contribution in [0.15, 0.2) is 18.2 Å². The van der Waals surface area contributed by atoms with Gasteiger partial charge in [0.05, 0.1) is 0 Å². The van der Waals surface area contributed by atoms with Crippen molar-refractivity contribution in [1.29, 1.82) is 0 Å². The quantitative estimate of drug-likeness (QED) is 0.678. The lowest BCUT2D eigenvalue weighted by molar-refractivity contribution is 0.593. The summed E-state index contributed by atoms with van der Waals surface area (Å²) < 4.78 is 13.4. The smallest absolute Gasteiger partial charge is 0.126 e. The van der Waals surface area contributed by atoms with Crippen molar-refractivity contribution in [1.82, 2.24) is 0 Å². The van der Waals surface area contributed by atoms with Gasteiger partial charge in [-0.1, -0.05) is 39.8 Å². The fourth-order valence-electron chi connectivity index (χ4n) is 1.63. The molecule has 0 atom stereocenters. The monoisotopic (exact) mass is 194 g/mol. The van der Waals surface area contributed by atoms with Crippen LogP contribution in [0.3, 0.4) is 0 Å². The topological polar surface area (TPSA) is 0 Å². The average Bonchev–Trinajstić information content (AvgIpc) is 2.07. The molecular weight excluding hydrogens is 175 g/mol. The first-order valence-corrected chi connectivity index (χ1v) is 5.29. The maximum absolute atomic E-state index is 13.4. The zero-order valence-electron chi connectivity index (χ0n) is 9.47. The molecule has 1 heteroatoms. The highest BCUT2D eigenvalue weighted by atomic mass is 19.1. The van der Waals surface area contributed by atoms with Crippen molar-refractivity contribution >= 4 is 0 Å². The second-order valence-electron chi connectivity index (χ2n) is 4.61. The zero-order chi connectivity index (χ0) is 10.7. The van der Waals surface area contributed by atoms with Crippen LogP contribution in [0.25, 0.3) is 0 Å². The zero-order valence-corrected chi connectivity index (χ0v) is 9.47. The van der Waals surface area contributed by atoms with Gasteiger partial charge in [0.1, 0.15) is 5.82 Å². The van der Waals surface area contributed by atoms with Crippen LogP contribution in [-0.2, 0) is 6.42 Å². The second kappa shape index (κ2) is 4.59. The summed E-state index contributed by atoms with van der Waals surface area (Å²) in [6, 6.07) is 5.48. The van der Waals surface area contributed by atoms with E-state index in [0.29, 0.717) is 5.92 Å². The van der Waals surface area contributed by atoms with Crippen LogP contribution in [0.5, 0.6) is 0 Å². The van der Waals surface area contributed by atoms with E-state index in [4.69, 9.17) is 0 Å². The van der Waals surface area contributed by atoms with E-state index in [2.05, 4.69) is 13.8 Å². The fraction of sp³-hybridized carbons (Fsp3) is 0.538. The number of hydrogen-bond acceptors (Lipinski definition) is 0. The van der Waals surface area contributed by atoms with Crippen molar-refractivity contribution in [3.63, 3.8) is 0 Å². The molecule has 0 saturated carbocycles. The molecule has 14 heavy (non-hydrogen) atoms. The van der Waals surface area contributed by atoms with Crippen LogP contribution in [-0.4, -0.2) is 0 Å². The van der Waals surface area contributed by atoms with Crippen LogP contribution < -0.4 is 0 Å². The minimum absolute atomic E-state index is 0.0764. The standard InChI is InChI=1S/C13H19F/c1-9(2)7-11-5-6-13(14)12(8-11)10(3)4/h5-6,8-10H,7H2,1-4H3. The SMILES string of the molecule is CC(C)Cc1ccc(F)c(C(C)C)c1. The summed E-state index contributed by atoms with van der Waals surface area (Å²) in [4.78, 5) is 0.